The van der Waals surface area contributed by atoms with E-state index in [9.17, 15) is 9.59 Å². The lowest BCUT2D eigenvalue weighted by molar-refractivity contribution is -0.141. The van der Waals surface area contributed by atoms with Crippen LogP contribution >= 0.6 is 0 Å². The van der Waals surface area contributed by atoms with Gasteiger partial charge in [-0.25, -0.2) is 0 Å². The number of ether oxygens (including phenoxy) is 2. The van der Waals surface area contributed by atoms with E-state index in [1.807, 2.05) is 6.07 Å². The molecule has 0 saturated heterocycles. The van der Waals surface area contributed by atoms with Crippen LogP contribution in [0.1, 0.15) is 19.4 Å². The Morgan fingerprint density at radius 2 is 1.70 bits per heavy atom. The molecule has 1 aromatic carbocycles. The second-order valence-corrected chi connectivity index (χ2v) is 6.45. The number of hydrogen-bond donors (Lipinski definition) is 2. The van der Waals surface area contributed by atoms with E-state index in [4.69, 9.17) is 9.47 Å². The molecule has 27 heavy (non-hydrogen) atoms. The molecule has 0 aliphatic rings. The van der Waals surface area contributed by atoms with E-state index in [-0.39, 0.29) is 11.8 Å². The lowest BCUT2D eigenvalue weighted by atomic mass is 9.91. The molecule has 2 N–H and O–H groups in total. The summed E-state index contributed by atoms with van der Waals surface area (Å²) in [6.07, 6.45) is 3.33. The van der Waals surface area contributed by atoms with Gasteiger partial charge in [-0.05, 0) is 49.7 Å². The minimum absolute atomic E-state index is 0.296. The highest BCUT2D eigenvalue weighted by atomic mass is 16.5. The summed E-state index contributed by atoms with van der Waals surface area (Å²) < 4.78 is 10.6. The smallest absolute Gasteiger partial charge is 0.235 e. The zero-order valence-electron chi connectivity index (χ0n) is 15.8. The molecular formula is C20H25N3O4. The first kappa shape index (κ1) is 20.2. The van der Waals surface area contributed by atoms with Crippen molar-refractivity contribution in [2.24, 2.45) is 5.41 Å². The van der Waals surface area contributed by atoms with Crippen molar-refractivity contribution in [2.75, 3.05) is 20.3 Å². The summed E-state index contributed by atoms with van der Waals surface area (Å²) in [5.41, 5.74) is -0.322. The van der Waals surface area contributed by atoms with Crippen LogP contribution in [0.15, 0.2) is 48.8 Å². The first-order valence-electron chi connectivity index (χ1n) is 8.66. The van der Waals surface area contributed by atoms with E-state index in [1.165, 1.54) is 0 Å². The molecule has 1 heterocycles. The van der Waals surface area contributed by atoms with Crippen LogP contribution < -0.4 is 20.1 Å². The van der Waals surface area contributed by atoms with Crippen molar-refractivity contribution in [3.63, 3.8) is 0 Å². The molecule has 0 spiro atoms. The first-order valence-corrected chi connectivity index (χ1v) is 8.66. The van der Waals surface area contributed by atoms with Gasteiger partial charge in [0, 0.05) is 18.9 Å². The highest BCUT2D eigenvalue weighted by molar-refractivity contribution is 6.04. The molecule has 7 nitrogen and oxygen atoms in total. The van der Waals surface area contributed by atoms with Crippen molar-refractivity contribution in [3.05, 3.63) is 54.4 Å². The molecule has 2 amide bonds. The van der Waals surface area contributed by atoms with Crippen molar-refractivity contribution in [1.29, 1.82) is 0 Å². The number of hydrogen-bond acceptors (Lipinski definition) is 5. The van der Waals surface area contributed by atoms with Crippen LogP contribution in [-0.2, 0) is 16.1 Å². The average molecular weight is 371 g/mol. The van der Waals surface area contributed by atoms with E-state index in [1.54, 1.807) is 63.7 Å². The van der Waals surface area contributed by atoms with Crippen LogP contribution in [0.5, 0.6) is 11.5 Å². The van der Waals surface area contributed by atoms with Crippen molar-refractivity contribution < 1.29 is 19.1 Å². The number of amides is 2. The SMILES string of the molecule is COc1ccc(OCCNC(=O)C(C)(C)C(=O)NCc2cccnc2)cc1. The Morgan fingerprint density at radius 3 is 2.33 bits per heavy atom. The summed E-state index contributed by atoms with van der Waals surface area (Å²) >= 11 is 0. The maximum Gasteiger partial charge on any atom is 0.235 e. The molecule has 0 bridgehead atoms. The number of aromatic nitrogens is 1. The molecule has 1 aromatic heterocycles. The molecule has 7 heteroatoms. The Bertz CT molecular complexity index is 746. The third-order valence-corrected chi connectivity index (χ3v) is 4.03. The Hall–Kier alpha value is -3.09. The monoisotopic (exact) mass is 371 g/mol. The predicted molar refractivity (Wildman–Crippen MR) is 101 cm³/mol. The number of pyridine rings is 1. The Kier molecular flexibility index (Phi) is 7.16. The van der Waals surface area contributed by atoms with Gasteiger partial charge in [0.25, 0.3) is 0 Å². The molecular weight excluding hydrogens is 346 g/mol. The Morgan fingerprint density at radius 1 is 1.04 bits per heavy atom. The van der Waals surface area contributed by atoms with E-state index >= 15 is 0 Å². The van der Waals surface area contributed by atoms with E-state index < -0.39 is 5.41 Å². The van der Waals surface area contributed by atoms with Crippen LogP contribution in [0, 0.1) is 5.41 Å². The predicted octanol–water partition coefficient (Wildman–Crippen LogP) is 1.93. The molecule has 2 rings (SSSR count). The maximum atomic E-state index is 12.4. The molecule has 0 saturated carbocycles. The minimum atomic E-state index is -1.19. The van der Waals surface area contributed by atoms with Gasteiger partial charge in [0.15, 0.2) is 0 Å². The maximum absolute atomic E-state index is 12.4. The van der Waals surface area contributed by atoms with Crippen LogP contribution in [0.3, 0.4) is 0 Å². The first-order chi connectivity index (χ1) is 12.9. The van der Waals surface area contributed by atoms with Gasteiger partial charge in [0.05, 0.1) is 13.7 Å². The second kappa shape index (κ2) is 9.56. The highest BCUT2D eigenvalue weighted by Gasteiger charge is 2.35. The van der Waals surface area contributed by atoms with Crippen molar-refractivity contribution >= 4 is 11.8 Å². The summed E-state index contributed by atoms with van der Waals surface area (Å²) in [5.74, 6) is 0.720. The standard InChI is InChI=1S/C20H25N3O4/c1-20(2,19(25)23-14-15-5-4-10-21-13-15)18(24)22-11-12-27-17-8-6-16(26-3)7-9-17/h4-10,13H,11-12,14H2,1-3H3,(H,22,24)(H,23,25). The normalized spacial score (nSPS) is 10.8. The zero-order valence-corrected chi connectivity index (χ0v) is 15.8. The van der Waals surface area contributed by atoms with Gasteiger partial charge in [0.1, 0.15) is 23.5 Å². The van der Waals surface area contributed by atoms with Gasteiger partial charge in [0.2, 0.25) is 11.8 Å². The van der Waals surface area contributed by atoms with Gasteiger partial charge in [-0.1, -0.05) is 6.07 Å². The molecule has 0 unspecified atom stereocenters. The third kappa shape index (κ3) is 5.99. The molecule has 0 aliphatic carbocycles. The average Bonchev–Trinajstić information content (AvgIpc) is 2.70. The number of rotatable bonds is 9. The summed E-state index contributed by atoms with van der Waals surface area (Å²) in [5, 5.41) is 5.50. The number of carbonyl (C=O) groups excluding carboxylic acids is 2. The topological polar surface area (TPSA) is 89.5 Å². The van der Waals surface area contributed by atoms with E-state index in [2.05, 4.69) is 15.6 Å². The quantitative estimate of drug-likeness (QED) is 0.519. The van der Waals surface area contributed by atoms with Crippen molar-refractivity contribution in [2.45, 2.75) is 20.4 Å². The van der Waals surface area contributed by atoms with Gasteiger partial charge in [-0.15, -0.1) is 0 Å². The summed E-state index contributed by atoms with van der Waals surface area (Å²) in [6, 6.07) is 10.8. The van der Waals surface area contributed by atoms with Gasteiger partial charge in [-0.3, -0.25) is 14.6 Å². The van der Waals surface area contributed by atoms with E-state index in [0.29, 0.717) is 25.4 Å². The molecule has 144 valence electrons. The minimum Gasteiger partial charge on any atom is -0.497 e. The molecule has 0 aliphatic heterocycles. The summed E-state index contributed by atoms with van der Waals surface area (Å²) in [6.45, 7) is 4.09. The van der Waals surface area contributed by atoms with Crippen LogP contribution in [0.2, 0.25) is 0 Å². The fourth-order valence-electron chi connectivity index (χ4n) is 2.24. The molecule has 0 radical (unpaired) electrons. The Labute approximate surface area is 159 Å². The molecule has 0 atom stereocenters. The molecule has 0 fully saturated rings. The fourth-order valence-corrected chi connectivity index (χ4v) is 2.24. The summed E-state index contributed by atoms with van der Waals surface area (Å²) in [4.78, 5) is 28.7. The van der Waals surface area contributed by atoms with Crippen LogP contribution in [-0.4, -0.2) is 37.1 Å². The van der Waals surface area contributed by atoms with Gasteiger partial charge >= 0.3 is 0 Å². The molecule has 2 aromatic rings. The third-order valence-electron chi connectivity index (χ3n) is 4.03. The summed E-state index contributed by atoms with van der Waals surface area (Å²) in [7, 11) is 1.60. The number of benzene rings is 1. The van der Waals surface area contributed by atoms with Crippen molar-refractivity contribution in [3.8, 4) is 11.5 Å². The lowest BCUT2D eigenvalue weighted by Gasteiger charge is -2.22. The van der Waals surface area contributed by atoms with Crippen molar-refractivity contribution in [1.82, 2.24) is 15.6 Å². The Balaban J connectivity index is 1.74. The number of nitrogens with zero attached hydrogens (tertiary/aromatic N) is 1. The lowest BCUT2D eigenvalue weighted by Crippen LogP contribution is -2.48. The van der Waals surface area contributed by atoms with Crippen LogP contribution in [0.4, 0.5) is 0 Å². The number of carbonyl (C=O) groups is 2. The fraction of sp³-hybridized carbons (Fsp3) is 0.350. The largest absolute Gasteiger partial charge is 0.497 e. The van der Waals surface area contributed by atoms with Gasteiger partial charge < -0.3 is 20.1 Å². The highest BCUT2D eigenvalue weighted by Crippen LogP contribution is 2.17. The van der Waals surface area contributed by atoms with Crippen LogP contribution in [0.25, 0.3) is 0 Å². The van der Waals surface area contributed by atoms with Gasteiger partial charge in [-0.2, -0.15) is 0 Å². The zero-order chi connectivity index (χ0) is 19.7. The van der Waals surface area contributed by atoms with E-state index in [0.717, 1.165) is 11.3 Å². The second-order valence-electron chi connectivity index (χ2n) is 6.45. The number of nitrogens with one attached hydrogen (secondary N) is 2. The number of methoxy groups -OCH3 is 1.